The highest BCUT2D eigenvalue weighted by Crippen LogP contribution is 2.48. The first-order valence-electron chi connectivity index (χ1n) is 4.47. The number of carbonyl (C=O) groups excluding carboxylic acids is 2. The maximum atomic E-state index is 11.8. The highest BCUT2D eigenvalue weighted by Gasteiger charge is 2.77. The van der Waals surface area contributed by atoms with Crippen molar-refractivity contribution in [1.29, 1.82) is 0 Å². The van der Waals surface area contributed by atoms with Crippen molar-refractivity contribution in [2.24, 2.45) is 11.5 Å². The van der Waals surface area contributed by atoms with Gasteiger partial charge < -0.3 is 4.74 Å². The average molecular weight is 204 g/mol. The summed E-state index contributed by atoms with van der Waals surface area (Å²) in [5, 5.41) is 0. The van der Waals surface area contributed by atoms with E-state index in [0.29, 0.717) is 0 Å². The molecule has 1 aromatic rings. The molecule has 1 aliphatic heterocycles. The van der Waals surface area contributed by atoms with E-state index in [1.165, 1.54) is 0 Å². The Labute approximate surface area is 85.0 Å². The van der Waals surface area contributed by atoms with E-state index in [4.69, 9.17) is 16.2 Å². The lowest BCUT2D eigenvalue weighted by Crippen LogP contribution is -2.55. The summed E-state index contributed by atoms with van der Waals surface area (Å²) in [7, 11) is 0. The van der Waals surface area contributed by atoms with Gasteiger partial charge in [0.15, 0.2) is 0 Å². The van der Waals surface area contributed by atoms with Crippen LogP contribution in [0.4, 0.5) is 0 Å². The van der Waals surface area contributed by atoms with E-state index in [-0.39, 0.29) is 11.1 Å². The number of fused-ring (bicyclic) bond motifs is 2. The average Bonchev–Trinajstić information content (AvgIpc) is 2.82. The smallest absolute Gasteiger partial charge is 0.234 e. The van der Waals surface area contributed by atoms with E-state index in [0.717, 1.165) is 0 Å². The second-order valence-corrected chi connectivity index (χ2v) is 3.78. The second kappa shape index (κ2) is 2.16. The summed E-state index contributed by atoms with van der Waals surface area (Å²) in [6, 6.07) is 6.43. The largest absolute Gasteiger partial charge is 0.315 e. The molecule has 2 aliphatic rings. The van der Waals surface area contributed by atoms with E-state index < -0.39 is 23.0 Å². The van der Waals surface area contributed by atoms with Crippen molar-refractivity contribution in [3.8, 4) is 0 Å². The molecule has 1 saturated heterocycles. The summed E-state index contributed by atoms with van der Waals surface area (Å²) in [5.74, 6) is -0.861. The molecule has 1 aromatic carbocycles. The molecule has 0 bridgehead atoms. The van der Waals surface area contributed by atoms with Gasteiger partial charge in [0, 0.05) is 11.1 Å². The van der Waals surface area contributed by atoms with Gasteiger partial charge in [-0.25, -0.2) is 0 Å². The minimum absolute atomic E-state index is 0.281. The van der Waals surface area contributed by atoms with Crippen molar-refractivity contribution in [3.63, 3.8) is 0 Å². The Morgan fingerprint density at radius 3 is 1.73 bits per heavy atom. The minimum atomic E-state index is -1.65. The molecule has 0 aromatic heterocycles. The number of Topliss-reactive ketones (excluding diaryl/α,β-unsaturated/α-hetero) is 2. The third kappa shape index (κ3) is 0.753. The summed E-state index contributed by atoms with van der Waals surface area (Å²) in [6.07, 6.45) is 0. The molecule has 2 unspecified atom stereocenters. The number of ether oxygens (including phenoxy) is 1. The topological polar surface area (TPSA) is 98.7 Å². The summed E-state index contributed by atoms with van der Waals surface area (Å²) in [6.45, 7) is 0. The highest BCUT2D eigenvalue weighted by molar-refractivity contribution is 6.24. The van der Waals surface area contributed by atoms with Crippen molar-refractivity contribution in [2.45, 2.75) is 11.4 Å². The van der Waals surface area contributed by atoms with Gasteiger partial charge in [0.25, 0.3) is 0 Å². The normalized spacial score (nSPS) is 37.2. The summed E-state index contributed by atoms with van der Waals surface area (Å²) < 4.78 is 4.92. The molecular weight excluding hydrogens is 196 g/mol. The fraction of sp³-hybridized carbons (Fsp3) is 0.200. The maximum Gasteiger partial charge on any atom is 0.234 e. The van der Waals surface area contributed by atoms with Crippen LogP contribution in [0.3, 0.4) is 0 Å². The number of rotatable bonds is 0. The molecule has 5 heteroatoms. The predicted octanol–water partition coefficient (Wildman–Crippen LogP) is -0.594. The van der Waals surface area contributed by atoms with Crippen LogP contribution in [0.15, 0.2) is 24.3 Å². The van der Waals surface area contributed by atoms with Gasteiger partial charge in [-0.1, -0.05) is 24.3 Å². The Balaban J connectivity index is 2.30. The quantitative estimate of drug-likeness (QED) is 0.550. The Hall–Kier alpha value is -1.56. The van der Waals surface area contributed by atoms with E-state index in [1.807, 2.05) is 0 Å². The molecule has 2 atom stereocenters. The van der Waals surface area contributed by atoms with Gasteiger partial charge in [0.2, 0.25) is 23.0 Å². The van der Waals surface area contributed by atoms with Crippen LogP contribution in [0.25, 0.3) is 0 Å². The van der Waals surface area contributed by atoms with E-state index in [2.05, 4.69) is 0 Å². The zero-order valence-corrected chi connectivity index (χ0v) is 7.69. The van der Waals surface area contributed by atoms with Crippen LogP contribution in [0.5, 0.6) is 0 Å². The van der Waals surface area contributed by atoms with Gasteiger partial charge in [-0.2, -0.15) is 0 Å². The lowest BCUT2D eigenvalue weighted by molar-refractivity contribution is 0.0844. The molecule has 0 radical (unpaired) electrons. The molecule has 1 heterocycles. The molecule has 3 rings (SSSR count). The van der Waals surface area contributed by atoms with Crippen molar-refractivity contribution in [3.05, 3.63) is 35.4 Å². The molecule has 1 fully saturated rings. The number of hydrogen-bond acceptors (Lipinski definition) is 5. The fourth-order valence-corrected chi connectivity index (χ4v) is 1.94. The number of epoxide rings is 1. The van der Waals surface area contributed by atoms with E-state index in [9.17, 15) is 9.59 Å². The first kappa shape index (κ1) is 8.72. The van der Waals surface area contributed by atoms with Crippen LogP contribution < -0.4 is 11.5 Å². The monoisotopic (exact) mass is 204 g/mol. The van der Waals surface area contributed by atoms with Gasteiger partial charge in [0.05, 0.1) is 0 Å². The summed E-state index contributed by atoms with van der Waals surface area (Å²) in [5.41, 5.74) is 8.49. The van der Waals surface area contributed by atoms with Gasteiger partial charge in [-0.15, -0.1) is 0 Å². The van der Waals surface area contributed by atoms with Gasteiger partial charge >= 0.3 is 0 Å². The zero-order valence-electron chi connectivity index (χ0n) is 7.69. The van der Waals surface area contributed by atoms with Crippen molar-refractivity contribution >= 4 is 11.6 Å². The first-order chi connectivity index (χ1) is 7.01. The van der Waals surface area contributed by atoms with Gasteiger partial charge in [0.1, 0.15) is 0 Å². The van der Waals surface area contributed by atoms with Crippen LogP contribution in [-0.2, 0) is 4.74 Å². The first-order valence-corrected chi connectivity index (χ1v) is 4.47. The fourth-order valence-electron chi connectivity index (χ4n) is 1.94. The van der Waals surface area contributed by atoms with Crippen molar-refractivity contribution < 1.29 is 14.3 Å². The zero-order chi connectivity index (χ0) is 10.8. The SMILES string of the molecule is NC12OC1(N)C(=O)c1ccccc1C2=O. The van der Waals surface area contributed by atoms with Gasteiger partial charge in [-0.05, 0) is 0 Å². The lowest BCUT2D eigenvalue weighted by atomic mass is 9.83. The molecular formula is C10H8N2O3. The summed E-state index contributed by atoms with van der Waals surface area (Å²) in [4.78, 5) is 23.7. The van der Waals surface area contributed by atoms with Crippen LogP contribution in [-0.4, -0.2) is 23.0 Å². The van der Waals surface area contributed by atoms with Crippen LogP contribution >= 0.6 is 0 Å². The third-order valence-electron chi connectivity index (χ3n) is 2.92. The molecule has 0 amide bonds. The molecule has 76 valence electrons. The van der Waals surface area contributed by atoms with Crippen LogP contribution in [0.2, 0.25) is 0 Å². The number of benzene rings is 1. The molecule has 1 aliphatic carbocycles. The summed E-state index contributed by atoms with van der Waals surface area (Å²) >= 11 is 0. The third-order valence-corrected chi connectivity index (χ3v) is 2.92. The Morgan fingerprint density at radius 1 is 0.933 bits per heavy atom. The minimum Gasteiger partial charge on any atom is -0.315 e. The standard InChI is InChI=1S/C10H8N2O3/c11-9-7(13)5-3-1-2-4-6(5)8(14)10(9,12)15-9/h1-4H,11-12H2. The van der Waals surface area contributed by atoms with Crippen LogP contribution in [0.1, 0.15) is 20.7 Å². The van der Waals surface area contributed by atoms with E-state index in [1.54, 1.807) is 24.3 Å². The number of hydrogen-bond donors (Lipinski definition) is 2. The molecule has 15 heavy (non-hydrogen) atoms. The molecule has 5 nitrogen and oxygen atoms in total. The Morgan fingerprint density at radius 2 is 1.33 bits per heavy atom. The second-order valence-electron chi connectivity index (χ2n) is 3.78. The van der Waals surface area contributed by atoms with Crippen molar-refractivity contribution in [1.82, 2.24) is 0 Å². The number of ketones is 2. The van der Waals surface area contributed by atoms with Gasteiger partial charge in [-0.3, -0.25) is 21.1 Å². The van der Waals surface area contributed by atoms with E-state index >= 15 is 0 Å². The number of nitrogens with two attached hydrogens (primary N) is 2. The maximum absolute atomic E-state index is 11.8. The lowest BCUT2D eigenvalue weighted by Gasteiger charge is -2.18. The highest BCUT2D eigenvalue weighted by atomic mass is 16.7. The Kier molecular flexibility index (Phi) is 1.26. The molecule has 4 N–H and O–H groups in total. The predicted molar refractivity (Wildman–Crippen MR) is 50.0 cm³/mol. The van der Waals surface area contributed by atoms with Crippen molar-refractivity contribution in [2.75, 3.05) is 0 Å². The van der Waals surface area contributed by atoms with Crippen LogP contribution in [0, 0.1) is 0 Å². The molecule has 0 spiro atoms. The Bertz CT molecular complexity index is 468. The number of carbonyl (C=O) groups is 2. The molecule has 0 saturated carbocycles.